The van der Waals surface area contributed by atoms with Crippen LogP contribution in [-0.2, 0) is 6.18 Å². The number of alkyl halides is 3. The van der Waals surface area contributed by atoms with E-state index < -0.39 is 23.6 Å². The van der Waals surface area contributed by atoms with Crippen LogP contribution in [0, 0.1) is 5.41 Å². The predicted octanol–water partition coefficient (Wildman–Crippen LogP) is 4.88. The van der Waals surface area contributed by atoms with Crippen molar-refractivity contribution in [3.05, 3.63) is 30.1 Å². The molecule has 28 heavy (non-hydrogen) atoms. The summed E-state index contributed by atoms with van der Waals surface area (Å²) in [6.07, 6.45) is -3.01. The number of hydrazine groups is 1. The number of hydrogen-bond acceptors (Lipinski definition) is 4. The molecule has 154 valence electrons. The summed E-state index contributed by atoms with van der Waals surface area (Å²) < 4.78 is 39.2. The van der Waals surface area contributed by atoms with E-state index in [0.717, 1.165) is 12.8 Å². The van der Waals surface area contributed by atoms with E-state index in [1.807, 2.05) is 13.8 Å². The summed E-state index contributed by atoms with van der Waals surface area (Å²) in [5.74, 6) is -1.40. The smallest absolute Gasteiger partial charge is 0.332 e. The molecule has 0 unspecified atom stereocenters. The van der Waals surface area contributed by atoms with Gasteiger partial charge in [0.05, 0.1) is 5.52 Å². The van der Waals surface area contributed by atoms with Gasteiger partial charge in [0.25, 0.3) is 0 Å². The number of nitrogens with zero attached hydrogens (tertiary/aromatic N) is 2. The quantitative estimate of drug-likeness (QED) is 0.607. The van der Waals surface area contributed by atoms with Gasteiger partial charge in [0.1, 0.15) is 0 Å². The number of anilines is 1. The molecule has 0 aliphatic heterocycles. The van der Waals surface area contributed by atoms with Crippen LogP contribution in [0.3, 0.4) is 0 Å². The van der Waals surface area contributed by atoms with Crippen LogP contribution in [0.2, 0.25) is 0 Å². The topological polar surface area (TPSA) is 78.9 Å². The fourth-order valence-corrected chi connectivity index (χ4v) is 3.12. The van der Waals surface area contributed by atoms with Gasteiger partial charge >= 0.3 is 12.2 Å². The number of rotatable bonds is 6. The average Bonchev–Trinajstić information content (AvgIpc) is 2.57. The molecule has 1 aromatic heterocycles. The summed E-state index contributed by atoms with van der Waals surface area (Å²) in [4.78, 5) is 19.3. The maximum atomic E-state index is 13.1. The Kier molecular flexibility index (Phi) is 6.06. The first-order valence-electron chi connectivity index (χ1n) is 9.01. The lowest BCUT2D eigenvalue weighted by atomic mass is 9.78. The summed E-state index contributed by atoms with van der Waals surface area (Å²) in [5, 5.41) is 3.19. The minimum atomic E-state index is -4.70. The largest absolute Gasteiger partial charge is 0.451 e. The van der Waals surface area contributed by atoms with E-state index in [2.05, 4.69) is 46.9 Å². The fourth-order valence-electron chi connectivity index (χ4n) is 3.12. The maximum Gasteiger partial charge on any atom is 0.451 e. The van der Waals surface area contributed by atoms with Crippen LogP contribution in [0.1, 0.15) is 53.3 Å². The molecule has 0 aliphatic carbocycles. The van der Waals surface area contributed by atoms with E-state index >= 15 is 0 Å². The summed E-state index contributed by atoms with van der Waals surface area (Å²) in [6, 6.07) is 5.70. The first-order chi connectivity index (χ1) is 12.8. The molecule has 1 aromatic carbocycles. The molecule has 6 nitrogen and oxygen atoms in total. The van der Waals surface area contributed by atoms with Gasteiger partial charge in [0.15, 0.2) is 5.82 Å². The lowest BCUT2D eigenvalue weighted by molar-refractivity contribution is -0.144. The third-order valence-electron chi connectivity index (χ3n) is 4.48. The number of hydrogen-bond donors (Lipinski definition) is 3. The molecule has 0 saturated heterocycles. The zero-order valence-electron chi connectivity index (χ0n) is 16.7. The molecule has 2 aromatic rings. The first-order valence-corrected chi connectivity index (χ1v) is 9.01. The molecule has 0 spiro atoms. The highest BCUT2D eigenvalue weighted by molar-refractivity contribution is 5.90. The van der Waals surface area contributed by atoms with Crippen LogP contribution < -0.4 is 16.2 Å². The number of carbonyl (C=O) groups excluding carboxylic acids is 1. The molecule has 1 heterocycles. The summed E-state index contributed by atoms with van der Waals surface area (Å²) in [5.41, 5.74) is 4.52. The Morgan fingerprint density at radius 1 is 1.07 bits per heavy atom. The SMILES string of the molecule is CCC(C)(C)CC(C)(C)NC(=O)NNc1nc(C(F)(F)F)nc2ccccc12. The molecule has 0 radical (unpaired) electrons. The zero-order chi connectivity index (χ0) is 21.2. The van der Waals surface area contributed by atoms with Crippen molar-refractivity contribution in [2.75, 3.05) is 5.43 Å². The van der Waals surface area contributed by atoms with E-state index in [-0.39, 0.29) is 16.7 Å². The monoisotopic (exact) mass is 397 g/mol. The summed E-state index contributed by atoms with van der Waals surface area (Å²) >= 11 is 0. The number of urea groups is 1. The second kappa shape index (κ2) is 7.81. The van der Waals surface area contributed by atoms with E-state index in [0.29, 0.717) is 5.39 Å². The molecule has 0 bridgehead atoms. The Balaban J connectivity index is 2.15. The van der Waals surface area contributed by atoms with Crippen molar-refractivity contribution in [3.8, 4) is 0 Å². The highest BCUT2D eigenvalue weighted by Gasteiger charge is 2.35. The maximum absolute atomic E-state index is 13.1. The van der Waals surface area contributed by atoms with Crippen molar-refractivity contribution in [2.24, 2.45) is 5.41 Å². The number of carbonyl (C=O) groups is 1. The van der Waals surface area contributed by atoms with E-state index in [9.17, 15) is 18.0 Å². The number of para-hydroxylation sites is 1. The fraction of sp³-hybridized carbons (Fsp3) is 0.526. The van der Waals surface area contributed by atoms with Gasteiger partial charge in [0, 0.05) is 10.9 Å². The second-order valence-electron chi connectivity index (χ2n) is 8.19. The van der Waals surface area contributed by atoms with Gasteiger partial charge in [-0.3, -0.25) is 10.9 Å². The predicted molar refractivity (Wildman–Crippen MR) is 103 cm³/mol. The lowest BCUT2D eigenvalue weighted by Crippen LogP contribution is -2.51. The Hall–Kier alpha value is -2.58. The number of halogens is 3. The number of amides is 2. The molecule has 0 saturated carbocycles. The average molecular weight is 397 g/mol. The number of benzene rings is 1. The number of aromatic nitrogens is 2. The molecule has 2 rings (SSSR count). The van der Waals surface area contributed by atoms with Gasteiger partial charge in [-0.1, -0.05) is 39.3 Å². The first kappa shape index (κ1) is 21.7. The van der Waals surface area contributed by atoms with Gasteiger partial charge in [0.2, 0.25) is 5.82 Å². The van der Waals surface area contributed by atoms with Gasteiger partial charge in [-0.05, 0) is 37.8 Å². The normalized spacial score (nSPS) is 12.7. The van der Waals surface area contributed by atoms with E-state index in [1.54, 1.807) is 18.2 Å². The minimum Gasteiger partial charge on any atom is -0.332 e. The van der Waals surface area contributed by atoms with E-state index in [4.69, 9.17) is 0 Å². The number of nitrogens with one attached hydrogen (secondary N) is 3. The molecule has 0 fully saturated rings. The Labute approximate surface area is 162 Å². The lowest BCUT2D eigenvalue weighted by Gasteiger charge is -2.35. The molecular formula is C19H26F3N5O. The van der Waals surface area contributed by atoms with Crippen LogP contribution in [0.25, 0.3) is 10.9 Å². The van der Waals surface area contributed by atoms with Crippen molar-refractivity contribution in [3.63, 3.8) is 0 Å². The molecule has 0 aliphatic rings. The van der Waals surface area contributed by atoms with Crippen molar-refractivity contribution in [1.82, 2.24) is 20.7 Å². The van der Waals surface area contributed by atoms with Crippen LogP contribution in [0.4, 0.5) is 23.8 Å². The number of fused-ring (bicyclic) bond motifs is 1. The van der Waals surface area contributed by atoms with Crippen LogP contribution in [0.5, 0.6) is 0 Å². The Morgan fingerprint density at radius 3 is 2.32 bits per heavy atom. The summed E-state index contributed by atoms with van der Waals surface area (Å²) in [7, 11) is 0. The molecule has 0 atom stereocenters. The standard InChI is InChI=1S/C19H26F3N5O/c1-6-17(2,3)11-18(4,5)25-16(28)27-26-14-12-9-7-8-10-13(12)23-15(24-14)19(20,21)22/h7-10H,6,11H2,1-5H3,(H,23,24,26)(H2,25,27,28). The summed E-state index contributed by atoms with van der Waals surface area (Å²) in [6.45, 7) is 10.1. The second-order valence-corrected chi connectivity index (χ2v) is 8.19. The van der Waals surface area contributed by atoms with Crippen molar-refractivity contribution < 1.29 is 18.0 Å². The Morgan fingerprint density at radius 2 is 1.71 bits per heavy atom. The highest BCUT2D eigenvalue weighted by atomic mass is 19.4. The van der Waals surface area contributed by atoms with Gasteiger partial charge in [-0.2, -0.15) is 13.2 Å². The van der Waals surface area contributed by atoms with Crippen molar-refractivity contribution >= 4 is 22.8 Å². The van der Waals surface area contributed by atoms with Gasteiger partial charge < -0.3 is 5.32 Å². The van der Waals surface area contributed by atoms with Crippen LogP contribution in [0.15, 0.2) is 24.3 Å². The molecule has 2 amide bonds. The third kappa shape index (κ3) is 5.71. The van der Waals surface area contributed by atoms with Gasteiger partial charge in [-0.25, -0.2) is 14.8 Å². The minimum absolute atomic E-state index is 0.0364. The molecule has 3 N–H and O–H groups in total. The van der Waals surface area contributed by atoms with Gasteiger partial charge in [-0.15, -0.1) is 0 Å². The Bertz CT molecular complexity index is 849. The zero-order valence-corrected chi connectivity index (χ0v) is 16.7. The van der Waals surface area contributed by atoms with Crippen LogP contribution >= 0.6 is 0 Å². The van der Waals surface area contributed by atoms with Crippen molar-refractivity contribution in [2.45, 2.75) is 59.2 Å². The van der Waals surface area contributed by atoms with E-state index in [1.165, 1.54) is 6.07 Å². The van der Waals surface area contributed by atoms with Crippen LogP contribution in [-0.4, -0.2) is 21.5 Å². The molecular weight excluding hydrogens is 371 g/mol. The third-order valence-corrected chi connectivity index (χ3v) is 4.48. The molecule has 9 heteroatoms. The highest BCUT2D eigenvalue weighted by Crippen LogP contribution is 2.31. The van der Waals surface area contributed by atoms with Crippen molar-refractivity contribution in [1.29, 1.82) is 0 Å².